The van der Waals surface area contributed by atoms with E-state index in [0.29, 0.717) is 19.8 Å². The molecule has 0 radical (unpaired) electrons. The Bertz CT molecular complexity index is 369. The number of hydrogen-bond acceptors (Lipinski definition) is 3. The highest BCUT2D eigenvalue weighted by Crippen LogP contribution is 2.24. The van der Waals surface area contributed by atoms with Crippen molar-refractivity contribution < 1.29 is 14.3 Å². The van der Waals surface area contributed by atoms with Crippen molar-refractivity contribution in [1.82, 2.24) is 10.2 Å². The number of amides is 2. The summed E-state index contributed by atoms with van der Waals surface area (Å²) in [7, 11) is 0. The topological polar surface area (TPSA) is 58.6 Å². The average Bonchev–Trinajstić information content (AvgIpc) is 2.45. The standard InChI is InChI=1S/C16H30N2O3/c1-6-8-10-21-11-9-18-14(19)13(12(3)7-2)17-15(20)16(18,4)5/h12-13H,6-11H2,1-5H3,(H,17,20). The fraction of sp³-hybridized carbons (Fsp3) is 0.875. The zero-order valence-electron chi connectivity index (χ0n) is 14.1. The van der Waals surface area contributed by atoms with Gasteiger partial charge in [0.05, 0.1) is 6.61 Å². The van der Waals surface area contributed by atoms with Gasteiger partial charge in [-0.05, 0) is 26.2 Å². The number of nitrogens with zero attached hydrogens (tertiary/aromatic N) is 1. The van der Waals surface area contributed by atoms with E-state index in [-0.39, 0.29) is 17.7 Å². The van der Waals surface area contributed by atoms with Crippen LogP contribution >= 0.6 is 0 Å². The molecular weight excluding hydrogens is 268 g/mol. The SMILES string of the molecule is CCCCOCCN1C(=O)C(C(C)CC)NC(=O)C1(C)C. The quantitative estimate of drug-likeness (QED) is 0.697. The summed E-state index contributed by atoms with van der Waals surface area (Å²) >= 11 is 0. The number of unbranched alkanes of at least 4 members (excludes halogenated alkanes) is 1. The molecule has 1 heterocycles. The van der Waals surface area contributed by atoms with Crippen LogP contribution in [0.25, 0.3) is 0 Å². The molecule has 0 spiro atoms. The summed E-state index contributed by atoms with van der Waals surface area (Å²) < 4.78 is 5.55. The molecule has 1 fully saturated rings. The van der Waals surface area contributed by atoms with E-state index in [2.05, 4.69) is 12.2 Å². The number of rotatable bonds is 8. The molecule has 1 saturated heterocycles. The van der Waals surface area contributed by atoms with Crippen molar-refractivity contribution in [3.05, 3.63) is 0 Å². The first-order valence-electron chi connectivity index (χ1n) is 8.06. The Morgan fingerprint density at radius 1 is 1.29 bits per heavy atom. The monoisotopic (exact) mass is 298 g/mol. The molecule has 122 valence electrons. The minimum absolute atomic E-state index is 0.00745. The van der Waals surface area contributed by atoms with Crippen LogP contribution in [-0.2, 0) is 14.3 Å². The molecule has 0 aromatic carbocycles. The van der Waals surface area contributed by atoms with Gasteiger partial charge in [0.1, 0.15) is 11.6 Å². The van der Waals surface area contributed by atoms with Crippen LogP contribution in [0.2, 0.25) is 0 Å². The van der Waals surface area contributed by atoms with E-state index in [4.69, 9.17) is 4.74 Å². The number of carbonyl (C=O) groups excluding carboxylic acids is 2. The zero-order chi connectivity index (χ0) is 16.0. The highest BCUT2D eigenvalue weighted by atomic mass is 16.5. The normalized spacial score (nSPS) is 23.1. The lowest BCUT2D eigenvalue weighted by molar-refractivity contribution is -0.157. The van der Waals surface area contributed by atoms with Crippen molar-refractivity contribution in [1.29, 1.82) is 0 Å². The van der Waals surface area contributed by atoms with Crippen molar-refractivity contribution in [2.45, 2.75) is 65.5 Å². The van der Waals surface area contributed by atoms with Crippen LogP contribution in [0.1, 0.15) is 53.9 Å². The molecule has 1 aliphatic heterocycles. The van der Waals surface area contributed by atoms with Crippen molar-refractivity contribution in [2.75, 3.05) is 19.8 Å². The second kappa shape index (κ2) is 7.78. The Kier molecular flexibility index (Phi) is 6.65. The Balaban J connectivity index is 2.71. The van der Waals surface area contributed by atoms with Crippen LogP contribution in [0.15, 0.2) is 0 Å². The molecule has 5 nitrogen and oxygen atoms in total. The minimum atomic E-state index is -0.810. The van der Waals surface area contributed by atoms with Gasteiger partial charge in [0.15, 0.2) is 0 Å². The van der Waals surface area contributed by atoms with E-state index in [0.717, 1.165) is 19.3 Å². The van der Waals surface area contributed by atoms with Gasteiger partial charge in [-0.25, -0.2) is 0 Å². The highest BCUT2D eigenvalue weighted by molar-refractivity contribution is 5.99. The van der Waals surface area contributed by atoms with Crippen LogP contribution in [0.5, 0.6) is 0 Å². The second-order valence-electron chi connectivity index (χ2n) is 6.35. The summed E-state index contributed by atoms with van der Waals surface area (Å²) in [6.07, 6.45) is 2.97. The molecule has 0 bridgehead atoms. The first kappa shape index (κ1) is 18.0. The highest BCUT2D eigenvalue weighted by Gasteiger charge is 2.47. The fourth-order valence-electron chi connectivity index (χ4n) is 2.46. The van der Waals surface area contributed by atoms with Crippen molar-refractivity contribution in [2.24, 2.45) is 5.92 Å². The number of hydrogen-bond donors (Lipinski definition) is 1. The predicted molar refractivity (Wildman–Crippen MR) is 82.9 cm³/mol. The summed E-state index contributed by atoms with van der Waals surface area (Å²) in [5.41, 5.74) is -0.810. The van der Waals surface area contributed by atoms with Crippen LogP contribution < -0.4 is 5.32 Å². The van der Waals surface area contributed by atoms with Gasteiger partial charge in [-0.15, -0.1) is 0 Å². The first-order valence-corrected chi connectivity index (χ1v) is 8.06. The number of ether oxygens (including phenoxy) is 1. The van der Waals surface area contributed by atoms with Crippen molar-refractivity contribution in [3.63, 3.8) is 0 Å². The Morgan fingerprint density at radius 3 is 2.52 bits per heavy atom. The third-order valence-corrected chi connectivity index (χ3v) is 4.36. The van der Waals surface area contributed by atoms with E-state index >= 15 is 0 Å². The predicted octanol–water partition coefficient (Wildman–Crippen LogP) is 1.95. The molecule has 0 saturated carbocycles. The lowest BCUT2D eigenvalue weighted by atomic mass is 9.89. The number of nitrogens with one attached hydrogen (secondary N) is 1. The van der Waals surface area contributed by atoms with Gasteiger partial charge >= 0.3 is 0 Å². The van der Waals surface area contributed by atoms with E-state index in [1.165, 1.54) is 0 Å². The van der Waals surface area contributed by atoms with E-state index < -0.39 is 11.6 Å². The van der Waals surface area contributed by atoms with E-state index in [1.54, 1.807) is 18.7 Å². The lowest BCUT2D eigenvalue weighted by Crippen LogP contribution is -2.69. The van der Waals surface area contributed by atoms with Gasteiger partial charge in [-0.2, -0.15) is 0 Å². The summed E-state index contributed by atoms with van der Waals surface area (Å²) in [4.78, 5) is 26.6. The molecule has 5 heteroatoms. The molecule has 1 aliphatic rings. The maximum Gasteiger partial charge on any atom is 0.246 e. The number of piperazine rings is 1. The largest absolute Gasteiger partial charge is 0.380 e. The molecule has 21 heavy (non-hydrogen) atoms. The third-order valence-electron chi connectivity index (χ3n) is 4.36. The summed E-state index contributed by atoms with van der Waals surface area (Å²) in [6.45, 7) is 11.4. The molecule has 0 aromatic heterocycles. The summed E-state index contributed by atoms with van der Waals surface area (Å²) in [5, 5.41) is 2.88. The summed E-state index contributed by atoms with van der Waals surface area (Å²) in [5.74, 6) is 0.0649. The molecule has 1 N–H and O–H groups in total. The zero-order valence-corrected chi connectivity index (χ0v) is 14.1. The number of carbonyl (C=O) groups is 2. The van der Waals surface area contributed by atoms with E-state index in [9.17, 15) is 9.59 Å². The molecule has 2 unspecified atom stereocenters. The van der Waals surface area contributed by atoms with Gasteiger partial charge in [-0.3, -0.25) is 9.59 Å². The molecular formula is C16H30N2O3. The Hall–Kier alpha value is -1.10. The van der Waals surface area contributed by atoms with Crippen molar-refractivity contribution in [3.8, 4) is 0 Å². The Labute approximate surface area is 128 Å². The van der Waals surface area contributed by atoms with Crippen LogP contribution in [-0.4, -0.2) is 48.1 Å². The van der Waals surface area contributed by atoms with Crippen LogP contribution in [0.3, 0.4) is 0 Å². The van der Waals surface area contributed by atoms with Gasteiger partial charge in [0, 0.05) is 13.2 Å². The fourth-order valence-corrected chi connectivity index (χ4v) is 2.46. The Morgan fingerprint density at radius 2 is 1.95 bits per heavy atom. The van der Waals surface area contributed by atoms with Crippen LogP contribution in [0, 0.1) is 5.92 Å². The van der Waals surface area contributed by atoms with Crippen molar-refractivity contribution >= 4 is 11.8 Å². The third kappa shape index (κ3) is 4.19. The molecule has 1 rings (SSSR count). The lowest BCUT2D eigenvalue weighted by Gasteiger charge is -2.45. The minimum Gasteiger partial charge on any atom is -0.380 e. The average molecular weight is 298 g/mol. The summed E-state index contributed by atoms with van der Waals surface area (Å²) in [6, 6.07) is -0.411. The molecule has 2 amide bonds. The smallest absolute Gasteiger partial charge is 0.246 e. The first-order chi connectivity index (χ1) is 9.86. The van der Waals surface area contributed by atoms with E-state index in [1.807, 2.05) is 13.8 Å². The molecule has 2 atom stereocenters. The molecule has 0 aromatic rings. The van der Waals surface area contributed by atoms with Gasteiger partial charge in [0.2, 0.25) is 11.8 Å². The maximum atomic E-state index is 12.7. The second-order valence-corrected chi connectivity index (χ2v) is 6.35. The van der Waals surface area contributed by atoms with Gasteiger partial charge in [-0.1, -0.05) is 33.6 Å². The van der Waals surface area contributed by atoms with Crippen LogP contribution in [0.4, 0.5) is 0 Å². The van der Waals surface area contributed by atoms with Gasteiger partial charge < -0.3 is 15.0 Å². The molecule has 0 aliphatic carbocycles. The van der Waals surface area contributed by atoms with Gasteiger partial charge in [0.25, 0.3) is 0 Å². The maximum absolute atomic E-state index is 12.7.